The van der Waals surface area contributed by atoms with Gasteiger partial charge in [0.15, 0.2) is 0 Å². The van der Waals surface area contributed by atoms with Gasteiger partial charge in [-0.3, -0.25) is 0 Å². The van der Waals surface area contributed by atoms with E-state index in [-0.39, 0.29) is 5.41 Å². The van der Waals surface area contributed by atoms with Gasteiger partial charge in [0.2, 0.25) is 0 Å². The molecule has 1 unspecified atom stereocenters. The van der Waals surface area contributed by atoms with Crippen molar-refractivity contribution in [3.8, 4) is 0 Å². The number of hydrogen-bond donors (Lipinski definition) is 2. The molecule has 0 saturated carbocycles. The van der Waals surface area contributed by atoms with Crippen LogP contribution >= 0.6 is 0 Å². The van der Waals surface area contributed by atoms with Gasteiger partial charge in [-0.05, 0) is 32.6 Å². The molecule has 2 fully saturated rings. The smallest absolute Gasteiger partial charge is 0.0644 e. The highest BCUT2D eigenvalue weighted by Gasteiger charge is 2.36. The van der Waals surface area contributed by atoms with Crippen molar-refractivity contribution in [2.75, 3.05) is 39.4 Å². The first-order valence-electron chi connectivity index (χ1n) is 6.78. The minimum Gasteiger partial charge on any atom is -0.390 e. The van der Waals surface area contributed by atoms with E-state index in [1.54, 1.807) is 0 Å². The summed E-state index contributed by atoms with van der Waals surface area (Å²) in [7, 11) is 0. The molecule has 0 aromatic carbocycles. The Labute approximate surface area is 104 Å². The molecule has 1 atom stereocenters. The third kappa shape index (κ3) is 3.41. The molecule has 0 radical (unpaired) electrons. The summed E-state index contributed by atoms with van der Waals surface area (Å²) in [6.07, 6.45) is 4.04. The number of nitrogens with two attached hydrogens (primary N) is 1. The average molecular weight is 242 g/mol. The molecule has 2 rings (SSSR count). The number of aliphatic hydroxyl groups is 1. The van der Waals surface area contributed by atoms with Gasteiger partial charge in [-0.2, -0.15) is 0 Å². The molecule has 4 heteroatoms. The van der Waals surface area contributed by atoms with E-state index in [4.69, 9.17) is 10.5 Å². The van der Waals surface area contributed by atoms with Gasteiger partial charge in [-0.1, -0.05) is 0 Å². The molecular weight excluding hydrogens is 216 g/mol. The zero-order valence-electron chi connectivity index (χ0n) is 11.0. The molecule has 3 N–H and O–H groups in total. The minimum atomic E-state index is -0.463. The van der Waals surface area contributed by atoms with E-state index >= 15 is 0 Å². The van der Waals surface area contributed by atoms with Crippen LogP contribution in [0.1, 0.15) is 32.6 Å². The van der Waals surface area contributed by atoms with Crippen LogP contribution in [0, 0.1) is 5.41 Å². The lowest BCUT2D eigenvalue weighted by Crippen LogP contribution is -2.51. The van der Waals surface area contributed by atoms with Crippen LogP contribution in [0.25, 0.3) is 0 Å². The standard InChI is InChI=1S/C13H26N2O2/c1-12(16)4-6-15(7-5-12)10-13(9-14)3-2-8-17-11-13/h16H,2-11,14H2,1H3. The van der Waals surface area contributed by atoms with Crippen LogP contribution in [0.3, 0.4) is 0 Å². The topological polar surface area (TPSA) is 58.7 Å². The van der Waals surface area contributed by atoms with Crippen LogP contribution in [0.5, 0.6) is 0 Å². The first-order chi connectivity index (χ1) is 8.05. The molecule has 2 heterocycles. The van der Waals surface area contributed by atoms with Crippen molar-refractivity contribution in [3.05, 3.63) is 0 Å². The van der Waals surface area contributed by atoms with Crippen LogP contribution in [0.15, 0.2) is 0 Å². The van der Waals surface area contributed by atoms with Crippen molar-refractivity contribution in [1.29, 1.82) is 0 Å². The lowest BCUT2D eigenvalue weighted by molar-refractivity contribution is -0.0482. The van der Waals surface area contributed by atoms with Gasteiger partial charge in [0.25, 0.3) is 0 Å². The molecule has 0 aliphatic carbocycles. The Morgan fingerprint density at radius 1 is 1.29 bits per heavy atom. The van der Waals surface area contributed by atoms with Crippen molar-refractivity contribution in [2.24, 2.45) is 11.1 Å². The Morgan fingerprint density at radius 3 is 2.53 bits per heavy atom. The highest BCUT2D eigenvalue weighted by atomic mass is 16.5. The second-order valence-corrected chi connectivity index (χ2v) is 6.13. The SMILES string of the molecule is CC1(O)CCN(CC2(CN)CCCOC2)CC1. The average Bonchev–Trinajstić information content (AvgIpc) is 2.33. The second kappa shape index (κ2) is 5.22. The van der Waals surface area contributed by atoms with E-state index in [1.165, 1.54) is 6.42 Å². The molecular formula is C13H26N2O2. The van der Waals surface area contributed by atoms with Crippen molar-refractivity contribution >= 4 is 0 Å². The molecule has 2 aliphatic heterocycles. The van der Waals surface area contributed by atoms with Gasteiger partial charge in [0.1, 0.15) is 0 Å². The van der Waals surface area contributed by atoms with E-state index in [9.17, 15) is 5.11 Å². The molecule has 2 saturated heterocycles. The summed E-state index contributed by atoms with van der Waals surface area (Å²) in [5.74, 6) is 0. The molecule has 4 nitrogen and oxygen atoms in total. The van der Waals surface area contributed by atoms with Gasteiger partial charge in [-0.25, -0.2) is 0 Å². The lowest BCUT2D eigenvalue weighted by Gasteiger charge is -2.43. The molecule has 17 heavy (non-hydrogen) atoms. The number of nitrogens with zero attached hydrogens (tertiary/aromatic N) is 1. The predicted molar refractivity (Wildman–Crippen MR) is 67.8 cm³/mol. The van der Waals surface area contributed by atoms with Gasteiger partial charge < -0.3 is 20.5 Å². The summed E-state index contributed by atoms with van der Waals surface area (Å²) in [5, 5.41) is 9.94. The van der Waals surface area contributed by atoms with E-state index in [0.717, 1.165) is 52.1 Å². The van der Waals surface area contributed by atoms with Crippen molar-refractivity contribution in [2.45, 2.75) is 38.2 Å². The molecule has 2 aliphatic rings. The van der Waals surface area contributed by atoms with Crippen LogP contribution in [0.4, 0.5) is 0 Å². The zero-order valence-corrected chi connectivity index (χ0v) is 11.0. The Kier molecular flexibility index (Phi) is 4.08. The Morgan fingerprint density at radius 2 is 2.00 bits per heavy atom. The molecule has 0 amide bonds. The molecule has 0 bridgehead atoms. The number of piperidine rings is 1. The first-order valence-corrected chi connectivity index (χ1v) is 6.78. The Bertz CT molecular complexity index is 240. The van der Waals surface area contributed by atoms with Gasteiger partial charge in [0, 0.05) is 38.2 Å². The van der Waals surface area contributed by atoms with Gasteiger partial charge in [0.05, 0.1) is 12.2 Å². The van der Waals surface area contributed by atoms with Gasteiger partial charge in [-0.15, -0.1) is 0 Å². The largest absolute Gasteiger partial charge is 0.390 e. The maximum Gasteiger partial charge on any atom is 0.0644 e. The predicted octanol–water partition coefficient (Wildman–Crippen LogP) is 0.589. The summed E-state index contributed by atoms with van der Waals surface area (Å²) in [5.41, 5.74) is 5.64. The summed E-state index contributed by atoms with van der Waals surface area (Å²) in [4.78, 5) is 2.44. The third-order valence-electron chi connectivity index (χ3n) is 4.33. The van der Waals surface area contributed by atoms with Gasteiger partial charge >= 0.3 is 0 Å². The van der Waals surface area contributed by atoms with Crippen molar-refractivity contribution in [3.63, 3.8) is 0 Å². The van der Waals surface area contributed by atoms with E-state index in [0.29, 0.717) is 6.54 Å². The summed E-state index contributed by atoms with van der Waals surface area (Å²) < 4.78 is 5.60. The Balaban J connectivity index is 1.87. The normalized spacial score (nSPS) is 34.8. The monoisotopic (exact) mass is 242 g/mol. The van der Waals surface area contributed by atoms with E-state index in [2.05, 4.69) is 4.90 Å². The third-order valence-corrected chi connectivity index (χ3v) is 4.33. The van der Waals surface area contributed by atoms with Crippen molar-refractivity contribution < 1.29 is 9.84 Å². The fourth-order valence-electron chi connectivity index (χ4n) is 2.93. The van der Waals surface area contributed by atoms with E-state index < -0.39 is 5.60 Å². The Hall–Kier alpha value is -0.160. The van der Waals surface area contributed by atoms with Crippen LogP contribution in [-0.2, 0) is 4.74 Å². The summed E-state index contributed by atoms with van der Waals surface area (Å²) in [6, 6.07) is 0. The number of hydrogen-bond acceptors (Lipinski definition) is 4. The highest BCUT2D eigenvalue weighted by Crippen LogP contribution is 2.30. The van der Waals surface area contributed by atoms with Crippen molar-refractivity contribution in [1.82, 2.24) is 4.90 Å². The molecule has 0 aromatic rings. The molecule has 0 spiro atoms. The number of rotatable bonds is 3. The maximum atomic E-state index is 9.94. The summed E-state index contributed by atoms with van der Waals surface area (Å²) >= 11 is 0. The van der Waals surface area contributed by atoms with Crippen LogP contribution < -0.4 is 5.73 Å². The summed E-state index contributed by atoms with van der Waals surface area (Å²) in [6.45, 7) is 7.32. The first kappa shape index (κ1) is 13.3. The minimum absolute atomic E-state index is 0.154. The molecule has 100 valence electrons. The lowest BCUT2D eigenvalue weighted by atomic mass is 9.81. The number of ether oxygens (including phenoxy) is 1. The fraction of sp³-hybridized carbons (Fsp3) is 1.00. The maximum absolute atomic E-state index is 9.94. The zero-order chi connectivity index (χ0) is 12.4. The van der Waals surface area contributed by atoms with Crippen LogP contribution in [-0.4, -0.2) is 55.0 Å². The molecule has 0 aromatic heterocycles. The van der Waals surface area contributed by atoms with Crippen LogP contribution in [0.2, 0.25) is 0 Å². The fourth-order valence-corrected chi connectivity index (χ4v) is 2.93. The highest BCUT2D eigenvalue weighted by molar-refractivity contribution is 4.89. The van der Waals surface area contributed by atoms with E-state index in [1.807, 2.05) is 6.92 Å². The quantitative estimate of drug-likeness (QED) is 0.760. The number of likely N-dealkylation sites (tertiary alicyclic amines) is 1. The second-order valence-electron chi connectivity index (χ2n) is 6.13.